The fourth-order valence-electron chi connectivity index (χ4n) is 2.35. The molecule has 3 rings (SSSR count). The van der Waals surface area contributed by atoms with E-state index in [2.05, 4.69) is 34.7 Å². The number of hydrogen-bond acceptors (Lipinski definition) is 2. The van der Waals surface area contributed by atoms with E-state index in [1.807, 2.05) is 0 Å². The number of fused-ring (bicyclic) bond motifs is 1. The lowest BCUT2D eigenvalue weighted by Crippen LogP contribution is -2.06. The van der Waals surface area contributed by atoms with Gasteiger partial charge in [-0.15, -0.1) is 0 Å². The Morgan fingerprint density at radius 3 is 2.88 bits per heavy atom. The van der Waals surface area contributed by atoms with E-state index >= 15 is 0 Å². The molecule has 3 heteroatoms. The monoisotopic (exact) mass is 228 g/mol. The molecule has 1 heterocycles. The highest BCUT2D eigenvalue weighted by atomic mass is 16.1. The number of carbonyl (C=O) groups is 1. The van der Waals surface area contributed by atoms with Gasteiger partial charge in [0.15, 0.2) is 0 Å². The maximum absolute atomic E-state index is 11.3. The molecule has 1 saturated carbocycles. The molecule has 0 spiro atoms. The van der Waals surface area contributed by atoms with Crippen LogP contribution in [0.1, 0.15) is 37.2 Å². The molecular weight excluding hydrogens is 212 g/mol. The second kappa shape index (κ2) is 3.69. The summed E-state index contributed by atoms with van der Waals surface area (Å²) in [5.41, 5.74) is 3.41. The molecule has 2 aromatic rings. The fraction of sp³-hybridized carbons (Fsp3) is 0.429. The van der Waals surface area contributed by atoms with Gasteiger partial charge in [-0.3, -0.25) is 4.79 Å². The molecule has 1 fully saturated rings. The molecule has 0 aliphatic heterocycles. The maximum Gasteiger partial charge on any atom is 0.137 e. The Hall–Kier alpha value is -1.64. The summed E-state index contributed by atoms with van der Waals surface area (Å²) < 4.78 is 2.26. The summed E-state index contributed by atoms with van der Waals surface area (Å²) in [6.45, 7) is 3.70. The van der Waals surface area contributed by atoms with E-state index < -0.39 is 0 Å². The molecular formula is C14H16N2O. The van der Waals surface area contributed by atoms with E-state index in [1.54, 1.807) is 6.92 Å². The summed E-state index contributed by atoms with van der Waals surface area (Å²) >= 11 is 0. The van der Waals surface area contributed by atoms with Crippen LogP contribution in [0.4, 0.5) is 0 Å². The van der Waals surface area contributed by atoms with Gasteiger partial charge in [-0.25, -0.2) is 4.98 Å². The van der Waals surface area contributed by atoms with E-state index in [-0.39, 0.29) is 5.78 Å². The normalized spacial score (nSPS) is 15.4. The molecule has 0 unspecified atom stereocenters. The minimum Gasteiger partial charge on any atom is -0.324 e. The van der Waals surface area contributed by atoms with Crippen molar-refractivity contribution < 1.29 is 4.79 Å². The molecule has 0 bridgehead atoms. The van der Waals surface area contributed by atoms with Crippen molar-refractivity contribution in [3.05, 3.63) is 29.6 Å². The zero-order valence-electron chi connectivity index (χ0n) is 10.2. The number of aromatic nitrogens is 2. The molecule has 0 amide bonds. The van der Waals surface area contributed by atoms with Gasteiger partial charge in [0, 0.05) is 6.04 Å². The van der Waals surface area contributed by atoms with Gasteiger partial charge in [-0.05, 0) is 44.4 Å². The van der Waals surface area contributed by atoms with Crippen molar-refractivity contribution in [3.63, 3.8) is 0 Å². The Morgan fingerprint density at radius 1 is 1.47 bits per heavy atom. The van der Waals surface area contributed by atoms with E-state index in [9.17, 15) is 4.79 Å². The summed E-state index contributed by atoms with van der Waals surface area (Å²) in [4.78, 5) is 15.9. The minimum atomic E-state index is 0.180. The van der Waals surface area contributed by atoms with Gasteiger partial charge >= 0.3 is 0 Å². The molecule has 88 valence electrons. The predicted molar refractivity (Wildman–Crippen MR) is 67.1 cm³/mol. The first-order chi connectivity index (χ1) is 8.15. The zero-order chi connectivity index (χ0) is 12.0. The topological polar surface area (TPSA) is 34.9 Å². The summed E-state index contributed by atoms with van der Waals surface area (Å²) in [5, 5.41) is 0. The molecule has 0 radical (unpaired) electrons. The quantitative estimate of drug-likeness (QED) is 0.809. The van der Waals surface area contributed by atoms with Crippen LogP contribution in [-0.2, 0) is 11.2 Å². The third kappa shape index (κ3) is 1.86. The second-order valence-electron chi connectivity index (χ2n) is 5.00. The van der Waals surface area contributed by atoms with Crippen LogP contribution in [0.3, 0.4) is 0 Å². The van der Waals surface area contributed by atoms with Crippen LogP contribution in [0.5, 0.6) is 0 Å². The van der Waals surface area contributed by atoms with Gasteiger partial charge in [-0.1, -0.05) is 6.07 Å². The van der Waals surface area contributed by atoms with Crippen LogP contribution in [0.25, 0.3) is 11.0 Å². The van der Waals surface area contributed by atoms with Gasteiger partial charge in [0.05, 0.1) is 17.5 Å². The molecule has 1 aliphatic carbocycles. The summed E-state index contributed by atoms with van der Waals surface area (Å²) in [5.74, 6) is 1.11. The Kier molecular flexibility index (Phi) is 2.28. The van der Waals surface area contributed by atoms with E-state index in [0.29, 0.717) is 12.5 Å². The second-order valence-corrected chi connectivity index (χ2v) is 5.00. The number of Topliss-reactive ketones (excluding diaryl/α,β-unsaturated/α-hetero) is 1. The van der Waals surface area contributed by atoms with Gasteiger partial charge in [0.25, 0.3) is 0 Å². The van der Waals surface area contributed by atoms with Crippen molar-refractivity contribution in [1.29, 1.82) is 0 Å². The predicted octanol–water partition coefficient (Wildman–Crippen LogP) is 2.81. The van der Waals surface area contributed by atoms with Crippen molar-refractivity contribution in [2.24, 2.45) is 0 Å². The zero-order valence-corrected chi connectivity index (χ0v) is 10.2. The van der Waals surface area contributed by atoms with Crippen LogP contribution < -0.4 is 0 Å². The van der Waals surface area contributed by atoms with Crippen LogP contribution in [-0.4, -0.2) is 15.3 Å². The van der Waals surface area contributed by atoms with Crippen LogP contribution in [0.15, 0.2) is 18.2 Å². The van der Waals surface area contributed by atoms with Gasteiger partial charge < -0.3 is 4.57 Å². The number of ketones is 1. The number of rotatable bonds is 3. The average molecular weight is 228 g/mol. The van der Waals surface area contributed by atoms with E-state index in [0.717, 1.165) is 11.3 Å². The smallest absolute Gasteiger partial charge is 0.137 e. The Labute approximate surface area is 100 Å². The third-order valence-electron chi connectivity index (χ3n) is 3.24. The Bertz CT molecular complexity index is 594. The molecule has 0 N–H and O–H groups in total. The van der Waals surface area contributed by atoms with E-state index in [4.69, 9.17) is 0 Å². The number of nitrogens with zero attached hydrogens (tertiary/aromatic N) is 2. The third-order valence-corrected chi connectivity index (χ3v) is 3.24. The number of carbonyl (C=O) groups excluding carboxylic acids is 1. The van der Waals surface area contributed by atoms with Crippen LogP contribution in [0, 0.1) is 6.92 Å². The lowest BCUT2D eigenvalue weighted by molar-refractivity contribution is -0.116. The summed E-state index contributed by atoms with van der Waals surface area (Å²) in [6.07, 6.45) is 2.87. The first-order valence-electron chi connectivity index (χ1n) is 6.12. The summed E-state index contributed by atoms with van der Waals surface area (Å²) in [7, 11) is 0. The highest BCUT2D eigenvalue weighted by Crippen LogP contribution is 2.38. The largest absolute Gasteiger partial charge is 0.324 e. The van der Waals surface area contributed by atoms with Crippen molar-refractivity contribution in [2.45, 2.75) is 39.2 Å². The number of imidazole rings is 1. The lowest BCUT2D eigenvalue weighted by atomic mass is 10.2. The molecule has 17 heavy (non-hydrogen) atoms. The molecule has 3 nitrogen and oxygen atoms in total. The van der Waals surface area contributed by atoms with Crippen LogP contribution >= 0.6 is 0 Å². The fourth-order valence-corrected chi connectivity index (χ4v) is 2.35. The molecule has 1 aliphatic rings. The average Bonchev–Trinajstić information content (AvgIpc) is 3.00. The first kappa shape index (κ1) is 10.5. The maximum atomic E-state index is 11.3. The van der Waals surface area contributed by atoms with Gasteiger partial charge in [-0.2, -0.15) is 0 Å². The number of aryl methyl sites for hydroxylation is 1. The molecule has 0 saturated heterocycles. The molecule has 0 atom stereocenters. The van der Waals surface area contributed by atoms with Crippen molar-refractivity contribution >= 4 is 16.8 Å². The number of benzene rings is 1. The molecule has 1 aromatic carbocycles. The van der Waals surface area contributed by atoms with Crippen molar-refractivity contribution in [3.8, 4) is 0 Å². The Balaban J connectivity index is 2.19. The van der Waals surface area contributed by atoms with Gasteiger partial charge in [0.2, 0.25) is 0 Å². The van der Waals surface area contributed by atoms with Crippen molar-refractivity contribution in [2.75, 3.05) is 0 Å². The highest BCUT2D eigenvalue weighted by molar-refractivity contribution is 5.81. The highest BCUT2D eigenvalue weighted by Gasteiger charge is 2.28. The van der Waals surface area contributed by atoms with E-state index in [1.165, 1.54) is 23.9 Å². The standard InChI is InChI=1S/C14H16N2O/c1-9-3-6-13-12(7-9)15-14(8-10(2)17)16(13)11-4-5-11/h3,6-7,11H,4-5,8H2,1-2H3. The SMILES string of the molecule is CC(=O)Cc1nc2cc(C)ccc2n1C1CC1. The first-order valence-corrected chi connectivity index (χ1v) is 6.12. The van der Waals surface area contributed by atoms with Crippen LogP contribution in [0.2, 0.25) is 0 Å². The Morgan fingerprint density at radius 2 is 2.24 bits per heavy atom. The minimum absolute atomic E-state index is 0.180. The van der Waals surface area contributed by atoms with Crippen molar-refractivity contribution in [1.82, 2.24) is 9.55 Å². The summed E-state index contributed by atoms with van der Waals surface area (Å²) in [6, 6.07) is 6.90. The molecule has 1 aromatic heterocycles. The van der Waals surface area contributed by atoms with Gasteiger partial charge in [0.1, 0.15) is 11.6 Å². The number of hydrogen-bond donors (Lipinski definition) is 0. The lowest BCUT2D eigenvalue weighted by Gasteiger charge is -2.05.